The van der Waals surface area contributed by atoms with Crippen molar-refractivity contribution in [2.45, 2.75) is 32.2 Å². The van der Waals surface area contributed by atoms with E-state index in [0.717, 1.165) is 23.9 Å². The summed E-state index contributed by atoms with van der Waals surface area (Å²) in [4.78, 5) is 37.2. The number of amides is 1. The number of piperidine rings is 1. The van der Waals surface area contributed by atoms with Crippen LogP contribution in [0.3, 0.4) is 0 Å². The molecule has 0 saturated carbocycles. The summed E-state index contributed by atoms with van der Waals surface area (Å²) >= 11 is 0. The van der Waals surface area contributed by atoms with Crippen molar-refractivity contribution in [1.82, 2.24) is 19.9 Å². The zero-order valence-corrected chi connectivity index (χ0v) is 15.9. The third kappa shape index (κ3) is 3.69. The fourth-order valence-electron chi connectivity index (χ4n) is 3.59. The third-order valence-corrected chi connectivity index (χ3v) is 5.02. The normalized spacial score (nSPS) is 16.6. The highest BCUT2D eigenvalue weighted by molar-refractivity contribution is 5.97. The number of hydrogen-bond donors (Lipinski definition) is 2. The minimum absolute atomic E-state index is 0.00730. The summed E-state index contributed by atoms with van der Waals surface area (Å²) in [6.07, 6.45) is 6.48. The molecule has 4 rings (SSSR count). The lowest BCUT2D eigenvalue weighted by molar-refractivity contribution is -0.131. The standard InChI is InChI=1S/C20H20N6O3/c1-12(27)16-10-24-20(29-16)15-9-23-19-14(5-7-22-19)18(15)25-13-3-2-8-26(11-13)17(28)4-6-21/h5,7,9-10,13H,2-4,8,11H2,1H3,(H2,22,23,25)/t13-/m1/s1. The van der Waals surface area contributed by atoms with Crippen molar-refractivity contribution in [3.8, 4) is 17.5 Å². The highest BCUT2D eigenvalue weighted by Gasteiger charge is 2.26. The molecular weight excluding hydrogens is 372 g/mol. The maximum Gasteiger partial charge on any atom is 0.236 e. The monoisotopic (exact) mass is 392 g/mol. The predicted molar refractivity (Wildman–Crippen MR) is 105 cm³/mol. The molecule has 1 amide bonds. The molecule has 3 aromatic heterocycles. The van der Waals surface area contributed by atoms with Gasteiger partial charge in [0.1, 0.15) is 12.1 Å². The number of Topliss-reactive ketones (excluding diaryl/α,β-unsaturated/α-hetero) is 1. The summed E-state index contributed by atoms with van der Waals surface area (Å²) in [7, 11) is 0. The van der Waals surface area contributed by atoms with Gasteiger partial charge in [-0.05, 0) is 18.9 Å². The van der Waals surface area contributed by atoms with Crippen LogP contribution < -0.4 is 5.32 Å². The van der Waals surface area contributed by atoms with E-state index in [-0.39, 0.29) is 29.9 Å². The Labute approximate surface area is 166 Å². The first-order valence-electron chi connectivity index (χ1n) is 9.41. The second-order valence-electron chi connectivity index (χ2n) is 7.03. The molecule has 1 aliphatic rings. The Morgan fingerprint density at radius 3 is 3.03 bits per heavy atom. The molecule has 3 aromatic rings. The predicted octanol–water partition coefficient (Wildman–Crippen LogP) is 2.74. The smallest absolute Gasteiger partial charge is 0.236 e. The van der Waals surface area contributed by atoms with Crippen LogP contribution in [0.25, 0.3) is 22.5 Å². The molecule has 9 nitrogen and oxygen atoms in total. The van der Waals surface area contributed by atoms with E-state index < -0.39 is 0 Å². The van der Waals surface area contributed by atoms with Crippen molar-refractivity contribution >= 4 is 28.4 Å². The quantitative estimate of drug-likeness (QED) is 0.639. The number of likely N-dealkylation sites (tertiary alicyclic amines) is 1. The summed E-state index contributed by atoms with van der Waals surface area (Å²) < 4.78 is 5.63. The molecule has 0 aromatic carbocycles. The number of aromatic amines is 1. The molecule has 0 spiro atoms. The first-order valence-corrected chi connectivity index (χ1v) is 9.41. The van der Waals surface area contributed by atoms with E-state index in [9.17, 15) is 9.59 Å². The molecule has 0 bridgehead atoms. The fourth-order valence-corrected chi connectivity index (χ4v) is 3.59. The average Bonchev–Trinajstić information content (AvgIpc) is 3.38. The van der Waals surface area contributed by atoms with Gasteiger partial charge in [-0.3, -0.25) is 9.59 Å². The lowest BCUT2D eigenvalue weighted by atomic mass is 10.0. The molecule has 2 N–H and O–H groups in total. The summed E-state index contributed by atoms with van der Waals surface area (Å²) in [5.41, 5.74) is 2.14. The van der Waals surface area contributed by atoms with E-state index in [1.807, 2.05) is 12.1 Å². The Kier molecular flexibility index (Phi) is 4.99. The SMILES string of the molecule is CC(=O)c1cnc(-c2cnc3[nH]ccc3c2N[C@@H]2CCCN(C(=O)CC#N)C2)o1. The fraction of sp³-hybridized carbons (Fsp3) is 0.350. The maximum absolute atomic E-state index is 12.1. The van der Waals surface area contributed by atoms with Gasteiger partial charge in [0.2, 0.25) is 11.8 Å². The van der Waals surface area contributed by atoms with E-state index in [2.05, 4.69) is 20.3 Å². The van der Waals surface area contributed by atoms with Crippen molar-refractivity contribution in [1.29, 1.82) is 5.26 Å². The van der Waals surface area contributed by atoms with Crippen molar-refractivity contribution < 1.29 is 14.0 Å². The highest BCUT2D eigenvalue weighted by Crippen LogP contribution is 2.34. The zero-order chi connectivity index (χ0) is 20.4. The Morgan fingerprint density at radius 1 is 1.41 bits per heavy atom. The molecule has 0 unspecified atom stereocenters. The second-order valence-corrected chi connectivity index (χ2v) is 7.03. The van der Waals surface area contributed by atoms with Gasteiger partial charge in [-0.2, -0.15) is 5.26 Å². The second kappa shape index (κ2) is 7.75. The van der Waals surface area contributed by atoms with Crippen LogP contribution in [-0.4, -0.2) is 50.7 Å². The molecule has 29 heavy (non-hydrogen) atoms. The Morgan fingerprint density at radius 2 is 2.28 bits per heavy atom. The first kappa shape index (κ1) is 18.7. The summed E-state index contributed by atoms with van der Waals surface area (Å²) in [5.74, 6) is 0.139. The average molecular weight is 392 g/mol. The van der Waals surface area contributed by atoms with Crippen LogP contribution in [-0.2, 0) is 4.79 Å². The number of carbonyl (C=O) groups is 2. The number of nitriles is 1. The minimum Gasteiger partial charge on any atom is -0.433 e. The molecule has 4 heterocycles. The van der Waals surface area contributed by atoms with E-state index in [1.165, 1.54) is 13.1 Å². The van der Waals surface area contributed by atoms with Crippen molar-refractivity contribution in [2.24, 2.45) is 0 Å². The van der Waals surface area contributed by atoms with Gasteiger partial charge < -0.3 is 19.6 Å². The van der Waals surface area contributed by atoms with Crippen molar-refractivity contribution in [3.63, 3.8) is 0 Å². The number of pyridine rings is 1. The van der Waals surface area contributed by atoms with Gasteiger partial charge in [-0.25, -0.2) is 9.97 Å². The van der Waals surface area contributed by atoms with Crippen LogP contribution in [0.5, 0.6) is 0 Å². The van der Waals surface area contributed by atoms with Crippen LogP contribution in [0, 0.1) is 11.3 Å². The van der Waals surface area contributed by atoms with E-state index in [1.54, 1.807) is 17.3 Å². The number of oxazole rings is 1. The summed E-state index contributed by atoms with van der Waals surface area (Å²) in [6.45, 7) is 2.59. The number of nitrogens with one attached hydrogen (secondary N) is 2. The third-order valence-electron chi connectivity index (χ3n) is 5.02. The number of H-pyrrole nitrogens is 1. The number of nitrogens with zero attached hydrogens (tertiary/aromatic N) is 4. The Hall–Kier alpha value is -3.67. The number of hydrogen-bond acceptors (Lipinski definition) is 7. The van der Waals surface area contributed by atoms with Crippen LogP contribution >= 0.6 is 0 Å². The Balaban J connectivity index is 1.67. The molecule has 1 fully saturated rings. The molecule has 0 radical (unpaired) electrons. The molecule has 1 aliphatic heterocycles. The topological polar surface area (TPSA) is 128 Å². The Bertz CT molecular complexity index is 1110. The summed E-state index contributed by atoms with van der Waals surface area (Å²) in [6, 6.07) is 3.83. The van der Waals surface area contributed by atoms with E-state index in [0.29, 0.717) is 30.2 Å². The van der Waals surface area contributed by atoms with Crippen molar-refractivity contribution in [2.75, 3.05) is 18.4 Å². The zero-order valence-electron chi connectivity index (χ0n) is 15.9. The number of aromatic nitrogens is 3. The number of ketones is 1. The number of rotatable bonds is 5. The number of anilines is 1. The van der Waals surface area contributed by atoms with E-state index in [4.69, 9.17) is 9.68 Å². The van der Waals surface area contributed by atoms with Gasteiger partial charge >= 0.3 is 0 Å². The van der Waals surface area contributed by atoms with Crippen LogP contribution in [0.2, 0.25) is 0 Å². The van der Waals surface area contributed by atoms with Gasteiger partial charge in [0.05, 0.1) is 23.5 Å². The van der Waals surface area contributed by atoms with Crippen molar-refractivity contribution in [3.05, 3.63) is 30.4 Å². The molecule has 0 aliphatic carbocycles. The lowest BCUT2D eigenvalue weighted by Gasteiger charge is -2.33. The molecular formula is C20H20N6O3. The first-order chi connectivity index (χ1) is 14.1. The lowest BCUT2D eigenvalue weighted by Crippen LogP contribution is -2.45. The van der Waals surface area contributed by atoms with Crippen LogP contribution in [0.15, 0.2) is 29.1 Å². The van der Waals surface area contributed by atoms with Crippen LogP contribution in [0.4, 0.5) is 5.69 Å². The molecule has 9 heteroatoms. The minimum atomic E-state index is -0.201. The number of fused-ring (bicyclic) bond motifs is 1. The van der Waals surface area contributed by atoms with Crippen LogP contribution in [0.1, 0.15) is 36.7 Å². The molecule has 148 valence electrons. The maximum atomic E-state index is 12.1. The highest BCUT2D eigenvalue weighted by atomic mass is 16.4. The van der Waals surface area contributed by atoms with Gasteiger partial charge in [-0.1, -0.05) is 0 Å². The van der Waals surface area contributed by atoms with Gasteiger partial charge in [-0.15, -0.1) is 0 Å². The number of carbonyl (C=O) groups excluding carboxylic acids is 2. The van der Waals surface area contributed by atoms with Gasteiger partial charge in [0, 0.05) is 43.8 Å². The van der Waals surface area contributed by atoms with Gasteiger partial charge in [0.15, 0.2) is 11.5 Å². The largest absolute Gasteiger partial charge is 0.433 e. The molecule has 1 saturated heterocycles. The molecule has 1 atom stereocenters. The van der Waals surface area contributed by atoms with E-state index >= 15 is 0 Å². The summed E-state index contributed by atoms with van der Waals surface area (Å²) in [5, 5.41) is 13.2. The van der Waals surface area contributed by atoms with Gasteiger partial charge in [0.25, 0.3) is 0 Å².